The Balaban J connectivity index is 1.86. The highest BCUT2D eigenvalue weighted by atomic mass is 79.9. The van der Waals surface area contributed by atoms with Gasteiger partial charge in [0.1, 0.15) is 0 Å². The monoisotopic (exact) mass is 494 g/mol. The number of carbonyl (C=O) groups is 2. The molecule has 162 valence electrons. The summed E-state index contributed by atoms with van der Waals surface area (Å²) in [6, 6.07) is 11.2. The van der Waals surface area contributed by atoms with Crippen LogP contribution < -0.4 is 5.01 Å². The summed E-state index contributed by atoms with van der Waals surface area (Å²) in [5, 5.41) is 15.2. The second-order valence-corrected chi connectivity index (χ2v) is 7.84. The lowest BCUT2D eigenvalue weighted by Crippen LogP contribution is -2.28. The molecule has 0 saturated heterocycles. The molecule has 1 unspecified atom stereocenters. The smallest absolute Gasteiger partial charge is 0.416 e. The van der Waals surface area contributed by atoms with Crippen LogP contribution >= 0.6 is 15.9 Å². The molecule has 3 rings (SSSR count). The third-order valence-electron chi connectivity index (χ3n) is 4.85. The molecule has 5 nitrogen and oxygen atoms in total. The minimum Gasteiger partial charge on any atom is -0.478 e. The quantitative estimate of drug-likeness (QED) is 0.519. The van der Waals surface area contributed by atoms with Crippen LogP contribution in [-0.4, -0.2) is 22.7 Å². The molecule has 1 heterocycles. The molecule has 2 aromatic rings. The molecule has 0 aliphatic carbocycles. The number of halogens is 4. The van der Waals surface area contributed by atoms with E-state index >= 15 is 0 Å². The van der Waals surface area contributed by atoms with Crippen molar-refractivity contribution in [3.63, 3.8) is 0 Å². The number of alkyl halides is 3. The normalized spacial score (nSPS) is 17.1. The number of aliphatic carboxylic acids is 1. The van der Waals surface area contributed by atoms with Crippen molar-refractivity contribution in [2.45, 2.75) is 25.9 Å². The average Bonchev–Trinajstić information content (AvgIpc) is 3.03. The predicted octanol–water partition coefficient (Wildman–Crippen LogP) is 5.76. The highest BCUT2D eigenvalue weighted by molar-refractivity contribution is 9.10. The van der Waals surface area contributed by atoms with Gasteiger partial charge >= 0.3 is 12.1 Å². The summed E-state index contributed by atoms with van der Waals surface area (Å²) in [5.41, 5.74) is 0.503. The number of carbonyl (C=O) groups excluding carboxylic acids is 1. The van der Waals surface area contributed by atoms with Gasteiger partial charge < -0.3 is 5.11 Å². The number of hydrazone groups is 1. The van der Waals surface area contributed by atoms with Crippen LogP contribution in [0.1, 0.15) is 30.9 Å². The zero-order chi connectivity index (χ0) is 22.8. The van der Waals surface area contributed by atoms with E-state index < -0.39 is 23.6 Å². The van der Waals surface area contributed by atoms with E-state index in [9.17, 15) is 27.9 Å². The van der Waals surface area contributed by atoms with Crippen LogP contribution in [0.2, 0.25) is 0 Å². The van der Waals surface area contributed by atoms with E-state index in [2.05, 4.69) is 21.0 Å². The largest absolute Gasteiger partial charge is 0.478 e. The van der Waals surface area contributed by atoms with Crippen molar-refractivity contribution >= 4 is 45.3 Å². The molecule has 0 radical (unpaired) electrons. The minimum atomic E-state index is -4.48. The summed E-state index contributed by atoms with van der Waals surface area (Å²) in [6.07, 6.45) is -2.85. The van der Waals surface area contributed by atoms with Crippen molar-refractivity contribution in [2.75, 3.05) is 5.01 Å². The molecule has 1 aliphatic heterocycles. The molecule has 1 N–H and O–H groups in total. The van der Waals surface area contributed by atoms with Gasteiger partial charge in [0.2, 0.25) is 0 Å². The van der Waals surface area contributed by atoms with Crippen LogP contribution in [0.25, 0.3) is 6.08 Å². The second-order valence-electron chi connectivity index (χ2n) is 6.92. The lowest BCUT2D eigenvalue weighted by Gasteiger charge is -2.15. The molecule has 9 heteroatoms. The summed E-state index contributed by atoms with van der Waals surface area (Å²) in [7, 11) is 0. The fourth-order valence-corrected chi connectivity index (χ4v) is 3.49. The van der Waals surface area contributed by atoms with Gasteiger partial charge in [0, 0.05) is 10.0 Å². The van der Waals surface area contributed by atoms with E-state index in [0.717, 1.165) is 16.6 Å². The van der Waals surface area contributed by atoms with E-state index in [1.54, 1.807) is 24.3 Å². The Morgan fingerprint density at radius 2 is 1.77 bits per heavy atom. The number of hydrogen-bond donors (Lipinski definition) is 1. The van der Waals surface area contributed by atoms with Gasteiger partial charge in [0.15, 0.2) is 0 Å². The number of anilines is 1. The van der Waals surface area contributed by atoms with Gasteiger partial charge in [-0.1, -0.05) is 35.0 Å². The Hall–Kier alpha value is -2.94. The van der Waals surface area contributed by atoms with Crippen molar-refractivity contribution in [2.24, 2.45) is 11.0 Å². The molecule has 31 heavy (non-hydrogen) atoms. The first-order valence-electron chi connectivity index (χ1n) is 9.38. The number of rotatable bonds is 6. The predicted molar refractivity (Wildman–Crippen MR) is 115 cm³/mol. The molecule has 0 fully saturated rings. The topological polar surface area (TPSA) is 70.0 Å². The number of amides is 1. The van der Waals surface area contributed by atoms with E-state index in [4.69, 9.17) is 0 Å². The van der Waals surface area contributed by atoms with E-state index in [0.29, 0.717) is 23.4 Å². The van der Waals surface area contributed by atoms with E-state index in [1.165, 1.54) is 23.2 Å². The van der Waals surface area contributed by atoms with Crippen molar-refractivity contribution in [1.29, 1.82) is 0 Å². The second kappa shape index (κ2) is 9.05. The fraction of sp³-hybridized carbons (Fsp3) is 0.227. The first kappa shape index (κ1) is 22.7. The first-order chi connectivity index (χ1) is 14.6. The molecule has 0 spiro atoms. The van der Waals surface area contributed by atoms with Crippen molar-refractivity contribution < 1.29 is 27.9 Å². The zero-order valence-corrected chi connectivity index (χ0v) is 17.9. The van der Waals surface area contributed by atoms with Crippen LogP contribution in [0.4, 0.5) is 18.9 Å². The van der Waals surface area contributed by atoms with Gasteiger partial charge in [0.05, 0.1) is 22.9 Å². The molecule has 1 amide bonds. The van der Waals surface area contributed by atoms with Crippen LogP contribution in [0.3, 0.4) is 0 Å². The van der Waals surface area contributed by atoms with Crippen molar-refractivity contribution in [3.05, 3.63) is 69.7 Å². The number of carboxylic acid groups (broad SMARTS) is 1. The summed E-state index contributed by atoms with van der Waals surface area (Å²) in [4.78, 5) is 24.8. The molecule has 1 atom stereocenters. The number of benzene rings is 2. The Morgan fingerprint density at radius 3 is 2.29 bits per heavy atom. The number of nitrogens with zero attached hydrogens (tertiary/aromatic N) is 2. The standard InChI is InChI=1S/C22H18BrF3N2O3/c1-2-19-18(20(29)28(27-19)17-9-7-16(23)8-10-17)12-14(21(30)31)11-13-3-5-15(6-4-13)22(24,25)26/h3-11,18H,2,12H2,1H3,(H,30,31). The third kappa shape index (κ3) is 5.22. The molecular formula is C22H18BrF3N2O3. The van der Waals surface area contributed by atoms with Crippen molar-refractivity contribution in [3.8, 4) is 0 Å². The fourth-order valence-electron chi connectivity index (χ4n) is 3.22. The summed E-state index contributed by atoms with van der Waals surface area (Å²) >= 11 is 3.33. The molecule has 2 aromatic carbocycles. The lowest BCUT2D eigenvalue weighted by molar-refractivity contribution is -0.137. The van der Waals surface area contributed by atoms with E-state index in [-0.39, 0.29) is 17.9 Å². The Labute approximate surface area is 185 Å². The number of hydrogen-bond acceptors (Lipinski definition) is 3. The minimum absolute atomic E-state index is 0.0862. The summed E-state index contributed by atoms with van der Waals surface area (Å²) in [6.45, 7) is 1.82. The zero-order valence-electron chi connectivity index (χ0n) is 16.4. The molecular weight excluding hydrogens is 477 g/mol. The van der Waals surface area contributed by atoms with Gasteiger partial charge in [-0.05, 0) is 60.9 Å². The highest BCUT2D eigenvalue weighted by Crippen LogP contribution is 2.32. The molecule has 0 saturated carbocycles. The maximum atomic E-state index is 13.0. The van der Waals surface area contributed by atoms with Gasteiger partial charge in [-0.15, -0.1) is 0 Å². The highest BCUT2D eigenvalue weighted by Gasteiger charge is 2.37. The van der Waals surface area contributed by atoms with Crippen LogP contribution in [0.5, 0.6) is 0 Å². The maximum Gasteiger partial charge on any atom is 0.416 e. The van der Waals surface area contributed by atoms with Crippen LogP contribution in [-0.2, 0) is 15.8 Å². The lowest BCUT2D eigenvalue weighted by atomic mass is 9.92. The van der Waals surface area contributed by atoms with Gasteiger partial charge in [-0.3, -0.25) is 4.79 Å². The van der Waals surface area contributed by atoms with Gasteiger partial charge in [0.25, 0.3) is 5.91 Å². The molecule has 0 aromatic heterocycles. The average molecular weight is 495 g/mol. The summed E-state index contributed by atoms with van der Waals surface area (Å²) in [5.74, 6) is -2.35. The summed E-state index contributed by atoms with van der Waals surface area (Å²) < 4.78 is 39.1. The number of carboxylic acids is 1. The van der Waals surface area contributed by atoms with Crippen molar-refractivity contribution in [1.82, 2.24) is 0 Å². The maximum absolute atomic E-state index is 13.0. The molecule has 1 aliphatic rings. The SMILES string of the molecule is CCC1=NN(c2ccc(Br)cc2)C(=O)C1CC(=Cc1ccc(C(F)(F)F)cc1)C(=O)O. The Morgan fingerprint density at radius 1 is 1.16 bits per heavy atom. The van der Waals surface area contributed by atoms with Crippen LogP contribution in [0, 0.1) is 5.92 Å². The van der Waals surface area contributed by atoms with E-state index in [1.807, 2.05) is 6.92 Å². The Kier molecular flexibility index (Phi) is 6.64. The van der Waals surface area contributed by atoms with Gasteiger partial charge in [-0.25, -0.2) is 9.80 Å². The van der Waals surface area contributed by atoms with Crippen LogP contribution in [0.15, 0.2) is 63.7 Å². The molecule has 0 bridgehead atoms. The Bertz CT molecular complexity index is 1050. The van der Waals surface area contributed by atoms with Gasteiger partial charge in [-0.2, -0.15) is 18.3 Å². The first-order valence-corrected chi connectivity index (χ1v) is 10.2. The third-order valence-corrected chi connectivity index (χ3v) is 5.38.